The molecule has 0 saturated heterocycles. The molecule has 0 unspecified atom stereocenters. The van der Waals surface area contributed by atoms with Crippen molar-refractivity contribution in [3.8, 4) is 5.75 Å². The molecule has 5 rings (SSSR count). The molecule has 0 atom stereocenters. The van der Waals surface area contributed by atoms with Gasteiger partial charge in [-0.25, -0.2) is 4.39 Å². The number of halogens is 1. The van der Waals surface area contributed by atoms with Crippen LogP contribution in [0.5, 0.6) is 5.75 Å². The first kappa shape index (κ1) is 19.3. The van der Waals surface area contributed by atoms with Gasteiger partial charge in [0.05, 0.1) is 12.2 Å². The minimum absolute atomic E-state index is 0.159. The summed E-state index contributed by atoms with van der Waals surface area (Å²) >= 11 is 0. The standard InChI is InChI=1S/C23H21FN4O3/c24-16-6-4-15(5-7-16)13-27-11-12-28-18-8-10-26(14-17-3-1-2-9-25-17)22(30)19(18)21(29)20(28)23(27)31/h1-7,9,29H,8,10-14H2. The van der Waals surface area contributed by atoms with E-state index in [1.165, 1.54) is 12.1 Å². The predicted molar refractivity (Wildman–Crippen MR) is 110 cm³/mol. The van der Waals surface area contributed by atoms with Crippen molar-refractivity contribution in [1.29, 1.82) is 0 Å². The Bertz CT molecular complexity index is 1160. The number of hydrogen-bond donors (Lipinski definition) is 1. The SMILES string of the molecule is O=C1c2c(O)c3n(c2CCN1Cc1ccccn1)CCN(Cc1ccc(F)cc1)C3=O. The van der Waals surface area contributed by atoms with Crippen LogP contribution in [-0.2, 0) is 26.1 Å². The number of carbonyl (C=O) groups is 2. The maximum absolute atomic E-state index is 13.2. The van der Waals surface area contributed by atoms with Crippen molar-refractivity contribution >= 4 is 11.8 Å². The zero-order valence-corrected chi connectivity index (χ0v) is 16.8. The lowest BCUT2D eigenvalue weighted by molar-refractivity contribution is 0.0680. The van der Waals surface area contributed by atoms with Gasteiger partial charge in [0.15, 0.2) is 11.4 Å². The molecule has 8 heteroatoms. The predicted octanol–water partition coefficient (Wildman–Crippen LogP) is 2.58. The van der Waals surface area contributed by atoms with E-state index in [2.05, 4.69) is 4.98 Å². The summed E-state index contributed by atoms with van der Waals surface area (Å²) in [5, 5.41) is 10.9. The first-order chi connectivity index (χ1) is 15.0. The normalized spacial score (nSPS) is 15.8. The topological polar surface area (TPSA) is 78.7 Å². The van der Waals surface area contributed by atoms with Crippen molar-refractivity contribution in [2.75, 3.05) is 13.1 Å². The average molecular weight is 420 g/mol. The number of carbonyl (C=O) groups excluding carboxylic acids is 2. The Morgan fingerprint density at radius 1 is 0.935 bits per heavy atom. The molecule has 0 radical (unpaired) electrons. The van der Waals surface area contributed by atoms with Crippen LogP contribution in [0.15, 0.2) is 48.7 Å². The fourth-order valence-electron chi connectivity index (χ4n) is 4.37. The first-order valence-corrected chi connectivity index (χ1v) is 10.2. The third kappa shape index (κ3) is 3.34. The van der Waals surface area contributed by atoms with Gasteiger partial charge in [-0.3, -0.25) is 14.6 Å². The quantitative estimate of drug-likeness (QED) is 0.704. The number of rotatable bonds is 4. The largest absolute Gasteiger partial charge is 0.505 e. The van der Waals surface area contributed by atoms with Crippen molar-refractivity contribution in [3.63, 3.8) is 0 Å². The Kier molecular flexibility index (Phi) is 4.69. The smallest absolute Gasteiger partial charge is 0.274 e. The van der Waals surface area contributed by atoms with Crippen LogP contribution in [0, 0.1) is 5.82 Å². The van der Waals surface area contributed by atoms with Gasteiger partial charge in [-0.1, -0.05) is 18.2 Å². The van der Waals surface area contributed by atoms with E-state index in [0.717, 1.165) is 11.3 Å². The Balaban J connectivity index is 1.42. The molecule has 0 fully saturated rings. The van der Waals surface area contributed by atoms with Crippen LogP contribution < -0.4 is 0 Å². The lowest BCUT2D eigenvalue weighted by Crippen LogP contribution is -2.41. The van der Waals surface area contributed by atoms with Gasteiger partial charge in [-0.2, -0.15) is 0 Å². The Morgan fingerprint density at radius 3 is 2.45 bits per heavy atom. The molecule has 0 spiro atoms. The zero-order chi connectivity index (χ0) is 21.5. The van der Waals surface area contributed by atoms with Crippen LogP contribution in [0.4, 0.5) is 4.39 Å². The molecule has 4 heterocycles. The van der Waals surface area contributed by atoms with Crippen molar-refractivity contribution in [2.45, 2.75) is 26.1 Å². The number of pyridine rings is 1. The lowest BCUT2D eigenvalue weighted by Gasteiger charge is -2.30. The number of hydrogen-bond acceptors (Lipinski definition) is 4. The highest BCUT2D eigenvalue weighted by Gasteiger charge is 2.39. The number of nitrogens with zero attached hydrogens (tertiary/aromatic N) is 4. The van der Waals surface area contributed by atoms with E-state index in [1.807, 2.05) is 18.2 Å². The van der Waals surface area contributed by atoms with Crippen molar-refractivity contribution in [1.82, 2.24) is 19.4 Å². The lowest BCUT2D eigenvalue weighted by atomic mass is 10.1. The molecule has 2 aromatic heterocycles. The Hall–Kier alpha value is -3.68. The first-order valence-electron chi connectivity index (χ1n) is 10.2. The summed E-state index contributed by atoms with van der Waals surface area (Å²) in [6, 6.07) is 11.5. The molecule has 2 aliphatic heterocycles. The summed E-state index contributed by atoms with van der Waals surface area (Å²) in [5.41, 5.74) is 2.66. The average Bonchev–Trinajstić information content (AvgIpc) is 3.07. The summed E-state index contributed by atoms with van der Waals surface area (Å²) in [5.74, 6) is -1.20. The molecule has 31 heavy (non-hydrogen) atoms. The second-order valence-corrected chi connectivity index (χ2v) is 7.82. The third-order valence-electron chi connectivity index (χ3n) is 5.91. The van der Waals surface area contributed by atoms with Crippen LogP contribution >= 0.6 is 0 Å². The number of aromatic nitrogens is 2. The van der Waals surface area contributed by atoms with Gasteiger partial charge in [0.2, 0.25) is 0 Å². The summed E-state index contributed by atoms with van der Waals surface area (Å²) in [7, 11) is 0. The molecular weight excluding hydrogens is 399 g/mol. The summed E-state index contributed by atoms with van der Waals surface area (Å²) in [4.78, 5) is 33.8. The second kappa shape index (κ2) is 7.54. The monoisotopic (exact) mass is 420 g/mol. The highest BCUT2D eigenvalue weighted by Crippen LogP contribution is 2.37. The molecule has 158 valence electrons. The van der Waals surface area contributed by atoms with Crippen molar-refractivity contribution < 1.29 is 19.1 Å². The molecule has 1 aromatic carbocycles. The van der Waals surface area contributed by atoms with Crippen LogP contribution in [0.2, 0.25) is 0 Å². The summed E-state index contributed by atoms with van der Waals surface area (Å²) < 4.78 is 15.0. The second-order valence-electron chi connectivity index (χ2n) is 7.82. The van der Waals surface area contributed by atoms with E-state index >= 15 is 0 Å². The van der Waals surface area contributed by atoms with E-state index in [-0.39, 0.29) is 34.6 Å². The van der Waals surface area contributed by atoms with Gasteiger partial charge in [0.25, 0.3) is 11.8 Å². The van der Waals surface area contributed by atoms with E-state index < -0.39 is 0 Å². The van der Waals surface area contributed by atoms with E-state index in [1.54, 1.807) is 32.7 Å². The molecule has 1 N–H and O–H groups in total. The zero-order valence-electron chi connectivity index (χ0n) is 16.8. The highest BCUT2D eigenvalue weighted by molar-refractivity contribution is 6.05. The van der Waals surface area contributed by atoms with Gasteiger partial charge in [0, 0.05) is 44.5 Å². The fraction of sp³-hybridized carbons (Fsp3) is 0.261. The highest BCUT2D eigenvalue weighted by atomic mass is 19.1. The maximum Gasteiger partial charge on any atom is 0.274 e. The van der Waals surface area contributed by atoms with Crippen LogP contribution in [0.25, 0.3) is 0 Å². The fourth-order valence-corrected chi connectivity index (χ4v) is 4.37. The van der Waals surface area contributed by atoms with Gasteiger partial charge in [-0.05, 0) is 29.8 Å². The minimum Gasteiger partial charge on any atom is -0.505 e. The van der Waals surface area contributed by atoms with Crippen LogP contribution in [0.3, 0.4) is 0 Å². The number of benzene rings is 1. The van der Waals surface area contributed by atoms with Gasteiger partial charge >= 0.3 is 0 Å². The minimum atomic E-state index is -0.332. The molecule has 2 aliphatic rings. The van der Waals surface area contributed by atoms with Gasteiger partial charge in [0.1, 0.15) is 11.4 Å². The molecule has 2 amide bonds. The molecule has 0 saturated carbocycles. The molecule has 3 aromatic rings. The third-order valence-corrected chi connectivity index (χ3v) is 5.91. The molecule has 7 nitrogen and oxygen atoms in total. The van der Waals surface area contributed by atoms with Gasteiger partial charge < -0.3 is 19.5 Å². The van der Waals surface area contributed by atoms with E-state index in [4.69, 9.17) is 0 Å². The Morgan fingerprint density at radius 2 is 1.71 bits per heavy atom. The number of aromatic hydroxyl groups is 1. The molecule has 0 bridgehead atoms. The van der Waals surface area contributed by atoms with Gasteiger partial charge in [-0.15, -0.1) is 0 Å². The molecule has 0 aliphatic carbocycles. The summed E-state index contributed by atoms with van der Waals surface area (Å²) in [6.45, 7) is 2.12. The van der Waals surface area contributed by atoms with E-state index in [9.17, 15) is 19.1 Å². The molecular formula is C23H21FN4O3. The number of fused-ring (bicyclic) bond motifs is 3. The van der Waals surface area contributed by atoms with Crippen molar-refractivity contribution in [3.05, 3.63) is 82.7 Å². The van der Waals surface area contributed by atoms with Crippen LogP contribution in [-0.4, -0.2) is 49.4 Å². The van der Waals surface area contributed by atoms with Crippen molar-refractivity contribution in [2.24, 2.45) is 0 Å². The number of amides is 2. The summed E-state index contributed by atoms with van der Waals surface area (Å²) in [6.07, 6.45) is 2.24. The maximum atomic E-state index is 13.2. The Labute approximate surface area is 178 Å². The van der Waals surface area contributed by atoms with Crippen LogP contribution in [0.1, 0.15) is 37.8 Å². The van der Waals surface area contributed by atoms with E-state index in [0.29, 0.717) is 44.8 Å².